The van der Waals surface area contributed by atoms with Crippen molar-refractivity contribution in [1.82, 2.24) is 0 Å². The average molecular weight is 267 g/mol. The van der Waals surface area contributed by atoms with Crippen molar-refractivity contribution in [3.05, 3.63) is 40.4 Å². The summed E-state index contributed by atoms with van der Waals surface area (Å²) in [4.78, 5) is 10.9. The van der Waals surface area contributed by atoms with Gasteiger partial charge in [-0.25, -0.2) is 4.79 Å². The van der Waals surface area contributed by atoms with Crippen LogP contribution >= 0.6 is 15.9 Å². The van der Waals surface area contributed by atoms with Crippen LogP contribution in [0.4, 0.5) is 0 Å². The minimum absolute atomic E-state index is 0.0556. The van der Waals surface area contributed by atoms with E-state index in [1.54, 1.807) is 24.3 Å². The molecule has 0 aliphatic carbocycles. The van der Waals surface area contributed by atoms with Crippen LogP contribution in [-0.4, -0.2) is 16.2 Å². The van der Waals surface area contributed by atoms with Crippen molar-refractivity contribution >= 4 is 32.7 Å². The van der Waals surface area contributed by atoms with E-state index in [1.165, 1.54) is 6.07 Å². The Morgan fingerprint density at radius 1 is 1.20 bits per heavy atom. The number of hydrogen-bond acceptors (Lipinski definition) is 2. The Kier molecular flexibility index (Phi) is 2.36. The van der Waals surface area contributed by atoms with Gasteiger partial charge in [0.15, 0.2) is 0 Å². The highest BCUT2D eigenvalue weighted by Crippen LogP contribution is 2.29. The molecule has 15 heavy (non-hydrogen) atoms. The van der Waals surface area contributed by atoms with Gasteiger partial charge in [-0.2, -0.15) is 0 Å². The molecule has 0 fully saturated rings. The molecule has 2 N–H and O–H groups in total. The van der Waals surface area contributed by atoms with Gasteiger partial charge in [0.1, 0.15) is 11.3 Å². The summed E-state index contributed by atoms with van der Waals surface area (Å²) in [7, 11) is 0. The fourth-order valence-corrected chi connectivity index (χ4v) is 1.89. The minimum atomic E-state index is -1.12. The molecular weight excluding hydrogens is 260 g/mol. The molecule has 0 unspecified atom stereocenters. The number of carboxylic acid groups (broad SMARTS) is 1. The van der Waals surface area contributed by atoms with Crippen LogP contribution in [0.15, 0.2) is 34.8 Å². The maximum atomic E-state index is 10.9. The number of rotatable bonds is 1. The van der Waals surface area contributed by atoms with Crippen molar-refractivity contribution in [3.63, 3.8) is 0 Å². The zero-order valence-corrected chi connectivity index (χ0v) is 9.15. The molecule has 0 bridgehead atoms. The van der Waals surface area contributed by atoms with E-state index in [0.29, 0.717) is 5.39 Å². The summed E-state index contributed by atoms with van der Waals surface area (Å²) < 4.78 is 0.872. The lowest BCUT2D eigenvalue weighted by molar-refractivity contribution is 0.0696. The van der Waals surface area contributed by atoms with E-state index < -0.39 is 5.97 Å². The van der Waals surface area contributed by atoms with Gasteiger partial charge in [0.2, 0.25) is 0 Å². The van der Waals surface area contributed by atoms with Crippen molar-refractivity contribution in [2.75, 3.05) is 0 Å². The monoisotopic (exact) mass is 266 g/mol. The average Bonchev–Trinajstić information content (AvgIpc) is 2.17. The molecule has 2 aromatic carbocycles. The summed E-state index contributed by atoms with van der Waals surface area (Å²) in [6, 6.07) is 8.29. The van der Waals surface area contributed by atoms with Gasteiger partial charge in [-0.15, -0.1) is 0 Å². The molecule has 0 saturated carbocycles. The molecule has 0 amide bonds. The van der Waals surface area contributed by atoms with Gasteiger partial charge in [-0.3, -0.25) is 0 Å². The van der Waals surface area contributed by atoms with E-state index >= 15 is 0 Å². The molecule has 0 atom stereocenters. The maximum absolute atomic E-state index is 10.9. The van der Waals surface area contributed by atoms with Crippen LogP contribution in [0, 0.1) is 0 Å². The fourth-order valence-electron chi connectivity index (χ4n) is 1.51. The molecule has 0 aliphatic heterocycles. The fraction of sp³-hybridized carbons (Fsp3) is 0. The molecule has 2 aromatic rings. The normalized spacial score (nSPS) is 10.5. The summed E-state index contributed by atoms with van der Waals surface area (Å²) in [5, 5.41) is 19.7. The Bertz CT molecular complexity index is 549. The van der Waals surface area contributed by atoms with Crippen molar-refractivity contribution in [2.24, 2.45) is 0 Å². The zero-order valence-electron chi connectivity index (χ0n) is 7.57. The Morgan fingerprint density at radius 2 is 1.93 bits per heavy atom. The molecule has 4 heteroatoms. The maximum Gasteiger partial charge on any atom is 0.340 e. The van der Waals surface area contributed by atoms with Crippen molar-refractivity contribution in [1.29, 1.82) is 0 Å². The lowest BCUT2D eigenvalue weighted by atomic mass is 10.0. The lowest BCUT2D eigenvalue weighted by Gasteiger charge is -2.05. The third-order valence-corrected chi connectivity index (χ3v) is 2.67. The van der Waals surface area contributed by atoms with Crippen molar-refractivity contribution < 1.29 is 15.0 Å². The predicted octanol–water partition coefficient (Wildman–Crippen LogP) is 3.01. The highest BCUT2D eigenvalue weighted by molar-refractivity contribution is 9.10. The van der Waals surface area contributed by atoms with E-state index in [4.69, 9.17) is 5.11 Å². The van der Waals surface area contributed by atoms with E-state index in [9.17, 15) is 9.90 Å². The van der Waals surface area contributed by atoms with Gasteiger partial charge in [0, 0.05) is 9.86 Å². The quantitative estimate of drug-likeness (QED) is 0.834. The summed E-state index contributed by atoms with van der Waals surface area (Å²) in [6.45, 7) is 0. The first-order chi connectivity index (χ1) is 7.09. The summed E-state index contributed by atoms with van der Waals surface area (Å²) in [6.07, 6.45) is 0. The Morgan fingerprint density at radius 3 is 2.60 bits per heavy atom. The second-order valence-corrected chi connectivity index (χ2v) is 4.05. The van der Waals surface area contributed by atoms with Gasteiger partial charge < -0.3 is 10.2 Å². The molecule has 0 heterocycles. The third-order valence-electron chi connectivity index (χ3n) is 2.17. The number of hydrogen-bond donors (Lipinski definition) is 2. The lowest BCUT2D eigenvalue weighted by Crippen LogP contribution is -1.97. The Labute approximate surface area is 94.1 Å². The van der Waals surface area contributed by atoms with Crippen LogP contribution in [-0.2, 0) is 0 Å². The molecule has 76 valence electrons. The first-order valence-corrected chi connectivity index (χ1v) is 5.03. The molecule has 0 saturated heterocycles. The Hall–Kier alpha value is -1.55. The summed E-state index contributed by atoms with van der Waals surface area (Å²) >= 11 is 3.30. The highest BCUT2D eigenvalue weighted by atomic mass is 79.9. The van der Waals surface area contributed by atoms with Crippen LogP contribution in [0.25, 0.3) is 10.8 Å². The number of benzene rings is 2. The molecule has 0 spiro atoms. The zero-order chi connectivity index (χ0) is 11.0. The molecule has 0 radical (unpaired) electrons. The van der Waals surface area contributed by atoms with E-state index in [-0.39, 0.29) is 11.3 Å². The Balaban J connectivity index is 2.88. The van der Waals surface area contributed by atoms with Gasteiger partial charge in [0.25, 0.3) is 0 Å². The van der Waals surface area contributed by atoms with Crippen molar-refractivity contribution in [3.8, 4) is 5.75 Å². The third kappa shape index (κ3) is 1.68. The second-order valence-electron chi connectivity index (χ2n) is 3.13. The topological polar surface area (TPSA) is 57.5 Å². The van der Waals surface area contributed by atoms with E-state index in [1.807, 2.05) is 0 Å². The minimum Gasteiger partial charge on any atom is -0.507 e. The van der Waals surface area contributed by atoms with Gasteiger partial charge >= 0.3 is 5.97 Å². The SMILES string of the molecule is O=C(O)c1c(O)ccc2cc(Br)ccc12. The van der Waals surface area contributed by atoms with Crippen LogP contribution in [0.1, 0.15) is 10.4 Å². The highest BCUT2D eigenvalue weighted by Gasteiger charge is 2.13. The first-order valence-electron chi connectivity index (χ1n) is 4.24. The summed E-state index contributed by atoms with van der Waals surface area (Å²) in [5.41, 5.74) is -0.0556. The number of halogens is 1. The van der Waals surface area contributed by atoms with Gasteiger partial charge in [-0.05, 0) is 23.6 Å². The molecule has 2 rings (SSSR count). The molecule has 0 aromatic heterocycles. The van der Waals surface area contributed by atoms with Gasteiger partial charge in [0.05, 0.1) is 0 Å². The number of carboxylic acids is 1. The van der Waals surface area contributed by atoms with Crippen LogP contribution < -0.4 is 0 Å². The number of aromatic carboxylic acids is 1. The van der Waals surface area contributed by atoms with Crippen LogP contribution in [0.5, 0.6) is 5.75 Å². The smallest absolute Gasteiger partial charge is 0.340 e. The van der Waals surface area contributed by atoms with Crippen LogP contribution in [0.3, 0.4) is 0 Å². The first kappa shape index (κ1) is 9.98. The number of carbonyl (C=O) groups is 1. The largest absolute Gasteiger partial charge is 0.507 e. The number of aromatic hydroxyl groups is 1. The number of phenols is 1. The molecule has 3 nitrogen and oxygen atoms in total. The van der Waals surface area contributed by atoms with Crippen molar-refractivity contribution in [2.45, 2.75) is 0 Å². The number of fused-ring (bicyclic) bond motifs is 1. The van der Waals surface area contributed by atoms with Crippen LogP contribution in [0.2, 0.25) is 0 Å². The molecular formula is C11H7BrO3. The summed E-state index contributed by atoms with van der Waals surface area (Å²) in [5.74, 6) is -1.34. The van der Waals surface area contributed by atoms with E-state index in [0.717, 1.165) is 9.86 Å². The van der Waals surface area contributed by atoms with Gasteiger partial charge in [-0.1, -0.05) is 28.1 Å². The molecule has 0 aliphatic rings. The standard InChI is InChI=1S/C11H7BrO3/c12-7-2-3-8-6(5-7)1-4-9(13)10(8)11(14)15/h1-5,13H,(H,14,15). The van der Waals surface area contributed by atoms with E-state index in [2.05, 4.69) is 15.9 Å². The predicted molar refractivity (Wildman–Crippen MR) is 60.3 cm³/mol. The second kappa shape index (κ2) is 3.55.